The second-order valence-corrected chi connectivity index (χ2v) is 8.60. The van der Waals surface area contributed by atoms with Crippen LogP contribution in [0.3, 0.4) is 0 Å². The second kappa shape index (κ2) is 12.9. The van der Waals surface area contributed by atoms with Gasteiger partial charge in [0.1, 0.15) is 23.3 Å². The van der Waals surface area contributed by atoms with Gasteiger partial charge < -0.3 is 24.4 Å². The Hall–Kier alpha value is -3.22. The van der Waals surface area contributed by atoms with Gasteiger partial charge in [-0.25, -0.2) is 0 Å². The Balaban J connectivity index is 1.73. The van der Waals surface area contributed by atoms with Gasteiger partial charge in [0, 0.05) is 12.6 Å². The van der Waals surface area contributed by atoms with E-state index in [0.717, 1.165) is 37.0 Å². The molecule has 0 saturated heterocycles. The lowest BCUT2D eigenvalue weighted by molar-refractivity contribution is -0.143. The molecule has 1 saturated carbocycles. The molecular formula is C27H36N2O5. The number of amides is 2. The molecule has 0 bridgehead atoms. The third-order valence-corrected chi connectivity index (χ3v) is 6.27. The molecule has 3 rings (SSSR count). The average Bonchev–Trinajstić information content (AvgIpc) is 2.88. The average molecular weight is 469 g/mol. The summed E-state index contributed by atoms with van der Waals surface area (Å²) >= 11 is 0. The van der Waals surface area contributed by atoms with E-state index in [0.29, 0.717) is 24.5 Å². The highest BCUT2D eigenvalue weighted by Gasteiger charge is 2.30. The Kier molecular flexibility index (Phi) is 9.62. The van der Waals surface area contributed by atoms with Gasteiger partial charge in [-0.3, -0.25) is 9.59 Å². The molecule has 1 fully saturated rings. The molecule has 184 valence electrons. The van der Waals surface area contributed by atoms with Gasteiger partial charge in [0.2, 0.25) is 5.91 Å². The predicted octanol–water partition coefficient (Wildman–Crippen LogP) is 4.34. The lowest BCUT2D eigenvalue weighted by atomic mass is 9.95. The number of hydrogen-bond donors (Lipinski definition) is 1. The van der Waals surface area contributed by atoms with Crippen molar-refractivity contribution in [3.05, 3.63) is 54.1 Å². The fourth-order valence-corrected chi connectivity index (χ4v) is 4.29. The summed E-state index contributed by atoms with van der Waals surface area (Å²) in [6.45, 7) is 2.09. The van der Waals surface area contributed by atoms with Crippen LogP contribution in [0.25, 0.3) is 0 Å². The second-order valence-electron chi connectivity index (χ2n) is 8.60. The summed E-state index contributed by atoms with van der Waals surface area (Å²) in [5.74, 6) is 1.69. The van der Waals surface area contributed by atoms with E-state index < -0.39 is 6.04 Å². The van der Waals surface area contributed by atoms with Crippen LogP contribution in [0.5, 0.6) is 17.2 Å². The standard InChI is InChI=1S/C27H36N2O5/c1-4-25(27(31)28-21-8-6-5-7-9-21)29(18-20-10-12-22(32-2)13-11-20)26(30)19-34-24-16-14-23(33-3)15-17-24/h10-17,21,25H,4-9,18-19H2,1-3H3,(H,28,31)/t25-/m0/s1. The van der Waals surface area contributed by atoms with E-state index >= 15 is 0 Å². The highest BCUT2D eigenvalue weighted by molar-refractivity contribution is 5.88. The number of nitrogens with zero attached hydrogens (tertiary/aromatic N) is 1. The summed E-state index contributed by atoms with van der Waals surface area (Å²) in [6, 6.07) is 14.2. The van der Waals surface area contributed by atoms with Crippen molar-refractivity contribution in [3.8, 4) is 17.2 Å². The van der Waals surface area contributed by atoms with E-state index in [1.165, 1.54) is 6.42 Å². The van der Waals surface area contributed by atoms with Gasteiger partial charge in [-0.2, -0.15) is 0 Å². The summed E-state index contributed by atoms with van der Waals surface area (Å²) in [4.78, 5) is 28.2. The Labute approximate surface area is 202 Å². The minimum absolute atomic E-state index is 0.0966. The van der Waals surface area contributed by atoms with Crippen LogP contribution in [-0.2, 0) is 16.1 Å². The zero-order chi connectivity index (χ0) is 24.3. The van der Waals surface area contributed by atoms with Gasteiger partial charge >= 0.3 is 0 Å². The molecule has 0 unspecified atom stereocenters. The number of methoxy groups -OCH3 is 2. The smallest absolute Gasteiger partial charge is 0.261 e. The molecule has 1 N–H and O–H groups in total. The number of ether oxygens (including phenoxy) is 3. The zero-order valence-corrected chi connectivity index (χ0v) is 20.4. The molecule has 2 aromatic rings. The molecule has 0 heterocycles. The van der Waals surface area contributed by atoms with Crippen molar-refractivity contribution in [1.82, 2.24) is 10.2 Å². The Morgan fingerprint density at radius 2 is 1.47 bits per heavy atom. The van der Waals surface area contributed by atoms with Crippen LogP contribution >= 0.6 is 0 Å². The van der Waals surface area contributed by atoms with Gasteiger partial charge in [-0.1, -0.05) is 38.3 Å². The van der Waals surface area contributed by atoms with Crippen molar-refractivity contribution in [3.63, 3.8) is 0 Å². The van der Waals surface area contributed by atoms with E-state index in [1.54, 1.807) is 43.4 Å². The molecule has 0 spiro atoms. The lowest BCUT2D eigenvalue weighted by Gasteiger charge is -2.32. The van der Waals surface area contributed by atoms with E-state index in [9.17, 15) is 9.59 Å². The molecule has 0 aromatic heterocycles. The maximum absolute atomic E-state index is 13.3. The SMILES string of the molecule is CC[C@@H](C(=O)NC1CCCCC1)N(Cc1ccc(OC)cc1)C(=O)COc1ccc(OC)cc1. The van der Waals surface area contributed by atoms with Crippen molar-refractivity contribution < 1.29 is 23.8 Å². The lowest BCUT2D eigenvalue weighted by Crippen LogP contribution is -2.52. The van der Waals surface area contributed by atoms with Crippen LogP contribution in [0.2, 0.25) is 0 Å². The quantitative estimate of drug-likeness (QED) is 0.531. The molecule has 1 aliphatic carbocycles. The predicted molar refractivity (Wildman–Crippen MR) is 131 cm³/mol. The first-order chi connectivity index (χ1) is 16.5. The third-order valence-electron chi connectivity index (χ3n) is 6.27. The number of rotatable bonds is 11. The topological polar surface area (TPSA) is 77.1 Å². The summed E-state index contributed by atoms with van der Waals surface area (Å²) in [5, 5.41) is 3.19. The summed E-state index contributed by atoms with van der Waals surface area (Å²) in [7, 11) is 3.21. The highest BCUT2D eigenvalue weighted by atomic mass is 16.5. The summed E-state index contributed by atoms with van der Waals surface area (Å²) in [6.07, 6.45) is 5.99. The van der Waals surface area contributed by atoms with E-state index in [1.807, 2.05) is 31.2 Å². The summed E-state index contributed by atoms with van der Waals surface area (Å²) < 4.78 is 16.2. The van der Waals surface area contributed by atoms with Gasteiger partial charge in [0.25, 0.3) is 5.91 Å². The number of benzene rings is 2. The molecule has 34 heavy (non-hydrogen) atoms. The molecule has 1 atom stereocenters. The van der Waals surface area contributed by atoms with E-state index in [-0.39, 0.29) is 24.5 Å². The molecule has 0 radical (unpaired) electrons. The number of nitrogens with one attached hydrogen (secondary N) is 1. The first-order valence-corrected chi connectivity index (χ1v) is 12.0. The van der Waals surface area contributed by atoms with Crippen LogP contribution in [-0.4, -0.2) is 49.6 Å². The molecule has 2 aromatic carbocycles. The van der Waals surface area contributed by atoms with Gasteiger partial charge in [-0.15, -0.1) is 0 Å². The van der Waals surface area contributed by atoms with Crippen LogP contribution in [0.4, 0.5) is 0 Å². The van der Waals surface area contributed by atoms with E-state index in [4.69, 9.17) is 14.2 Å². The van der Waals surface area contributed by atoms with Crippen molar-refractivity contribution in [2.45, 2.75) is 64.1 Å². The van der Waals surface area contributed by atoms with Crippen molar-refractivity contribution >= 4 is 11.8 Å². The first kappa shape index (κ1) is 25.4. The monoisotopic (exact) mass is 468 g/mol. The number of hydrogen-bond acceptors (Lipinski definition) is 5. The molecule has 7 heteroatoms. The zero-order valence-electron chi connectivity index (χ0n) is 20.4. The van der Waals surface area contributed by atoms with Crippen molar-refractivity contribution in [1.29, 1.82) is 0 Å². The molecule has 2 amide bonds. The van der Waals surface area contributed by atoms with Crippen molar-refractivity contribution in [2.24, 2.45) is 0 Å². The fraction of sp³-hybridized carbons (Fsp3) is 0.481. The normalized spacial score (nSPS) is 14.7. The Morgan fingerprint density at radius 3 is 2.03 bits per heavy atom. The minimum Gasteiger partial charge on any atom is -0.497 e. The highest BCUT2D eigenvalue weighted by Crippen LogP contribution is 2.21. The minimum atomic E-state index is -0.573. The number of carbonyl (C=O) groups is 2. The third kappa shape index (κ3) is 7.14. The fourth-order valence-electron chi connectivity index (χ4n) is 4.29. The molecular weight excluding hydrogens is 432 g/mol. The molecule has 0 aliphatic heterocycles. The van der Waals surface area contributed by atoms with Crippen LogP contribution in [0, 0.1) is 0 Å². The van der Waals surface area contributed by atoms with Gasteiger partial charge in [-0.05, 0) is 61.2 Å². The van der Waals surface area contributed by atoms with Crippen molar-refractivity contribution in [2.75, 3.05) is 20.8 Å². The first-order valence-electron chi connectivity index (χ1n) is 12.0. The maximum Gasteiger partial charge on any atom is 0.261 e. The number of carbonyl (C=O) groups excluding carboxylic acids is 2. The largest absolute Gasteiger partial charge is 0.497 e. The Bertz CT molecular complexity index is 908. The van der Waals surface area contributed by atoms with Crippen LogP contribution in [0.15, 0.2) is 48.5 Å². The Morgan fingerprint density at radius 1 is 0.912 bits per heavy atom. The van der Waals surface area contributed by atoms with Crippen LogP contribution < -0.4 is 19.5 Å². The van der Waals surface area contributed by atoms with Crippen LogP contribution in [0.1, 0.15) is 51.0 Å². The molecule has 7 nitrogen and oxygen atoms in total. The molecule has 1 aliphatic rings. The van der Waals surface area contributed by atoms with Gasteiger partial charge in [0.05, 0.1) is 14.2 Å². The maximum atomic E-state index is 13.3. The van der Waals surface area contributed by atoms with Gasteiger partial charge in [0.15, 0.2) is 6.61 Å². The van der Waals surface area contributed by atoms with E-state index in [2.05, 4.69) is 5.32 Å². The summed E-state index contributed by atoms with van der Waals surface area (Å²) in [5.41, 5.74) is 0.919.